The fourth-order valence-corrected chi connectivity index (χ4v) is 3.09. The van der Waals surface area contributed by atoms with Crippen molar-refractivity contribution in [3.63, 3.8) is 0 Å². The molecule has 0 saturated heterocycles. The number of rotatable bonds is 2. The van der Waals surface area contributed by atoms with E-state index < -0.39 is 5.41 Å². The highest BCUT2D eigenvalue weighted by Crippen LogP contribution is 2.29. The molecule has 2 aromatic rings. The Bertz CT molecular complexity index is 689. The average molecular weight is 294 g/mol. The van der Waals surface area contributed by atoms with Gasteiger partial charge in [0.05, 0.1) is 5.41 Å². The summed E-state index contributed by atoms with van der Waals surface area (Å²) in [5.41, 5.74) is 9.55. The number of fused-ring (bicyclic) bond motifs is 1. The zero-order valence-electron chi connectivity index (χ0n) is 13.2. The molecule has 0 aromatic heterocycles. The maximum Gasteiger partial charge on any atom is 0.232 e. The minimum absolute atomic E-state index is 0.173. The van der Waals surface area contributed by atoms with Gasteiger partial charge in [0.2, 0.25) is 5.91 Å². The second-order valence-electron chi connectivity index (χ2n) is 6.49. The molecule has 3 nitrogen and oxygen atoms in total. The smallest absolute Gasteiger partial charge is 0.232 e. The monoisotopic (exact) mass is 294 g/mol. The zero-order chi connectivity index (χ0) is 15.7. The van der Waals surface area contributed by atoms with Gasteiger partial charge in [-0.05, 0) is 49.1 Å². The van der Waals surface area contributed by atoms with E-state index >= 15 is 0 Å². The lowest BCUT2D eigenvalue weighted by Crippen LogP contribution is -2.45. The van der Waals surface area contributed by atoms with Gasteiger partial charge in [0.1, 0.15) is 0 Å². The first-order valence-corrected chi connectivity index (χ1v) is 7.70. The summed E-state index contributed by atoms with van der Waals surface area (Å²) in [6, 6.07) is 16.0. The van der Waals surface area contributed by atoms with Gasteiger partial charge in [-0.1, -0.05) is 36.4 Å². The Labute approximate surface area is 131 Å². The number of hydrogen-bond donors (Lipinski definition) is 1. The van der Waals surface area contributed by atoms with Crippen molar-refractivity contribution in [2.45, 2.75) is 32.2 Å². The molecule has 2 aromatic carbocycles. The van der Waals surface area contributed by atoms with Crippen LogP contribution in [0.25, 0.3) is 0 Å². The molecule has 2 N–H and O–H groups in total. The lowest BCUT2D eigenvalue weighted by Gasteiger charge is -2.35. The lowest BCUT2D eigenvalue weighted by atomic mass is 9.82. The summed E-state index contributed by atoms with van der Waals surface area (Å²) in [7, 11) is 0. The van der Waals surface area contributed by atoms with Crippen molar-refractivity contribution in [3.8, 4) is 0 Å². The van der Waals surface area contributed by atoms with E-state index in [0.29, 0.717) is 6.54 Å². The van der Waals surface area contributed by atoms with Crippen LogP contribution in [0.15, 0.2) is 48.5 Å². The molecule has 1 aliphatic heterocycles. The first-order valence-electron chi connectivity index (χ1n) is 7.70. The summed E-state index contributed by atoms with van der Waals surface area (Å²) in [6.07, 6.45) is 0.930. The van der Waals surface area contributed by atoms with Gasteiger partial charge in [-0.25, -0.2) is 0 Å². The number of amides is 1. The highest BCUT2D eigenvalue weighted by molar-refractivity contribution is 5.87. The number of benzene rings is 2. The third-order valence-electron chi connectivity index (χ3n) is 4.58. The number of carbonyl (C=O) groups excluding carboxylic acids is 1. The van der Waals surface area contributed by atoms with E-state index in [0.717, 1.165) is 24.2 Å². The summed E-state index contributed by atoms with van der Waals surface area (Å²) >= 11 is 0. The lowest BCUT2D eigenvalue weighted by molar-refractivity contribution is -0.137. The molecule has 22 heavy (non-hydrogen) atoms. The molecular formula is C19H22N2O. The summed E-state index contributed by atoms with van der Waals surface area (Å²) in [4.78, 5) is 15.0. The summed E-state index contributed by atoms with van der Waals surface area (Å²) in [6.45, 7) is 5.46. The number of nitrogens with two attached hydrogens (primary N) is 1. The summed E-state index contributed by atoms with van der Waals surface area (Å²) in [5, 5.41) is 0. The molecule has 0 spiro atoms. The SMILES string of the molecule is CC(C)(C(=O)N1CCc2ccccc2C1)c1ccc(N)cc1. The van der Waals surface area contributed by atoms with Crippen molar-refractivity contribution in [2.24, 2.45) is 0 Å². The molecule has 0 aliphatic carbocycles. The van der Waals surface area contributed by atoms with Crippen LogP contribution in [0.3, 0.4) is 0 Å². The van der Waals surface area contributed by atoms with Crippen LogP contribution in [0.4, 0.5) is 5.69 Å². The molecule has 0 bridgehead atoms. The van der Waals surface area contributed by atoms with Gasteiger partial charge in [-0.3, -0.25) is 4.79 Å². The number of carbonyl (C=O) groups is 1. The van der Waals surface area contributed by atoms with Crippen LogP contribution in [0.1, 0.15) is 30.5 Å². The maximum atomic E-state index is 13.0. The third-order valence-corrected chi connectivity index (χ3v) is 4.58. The highest BCUT2D eigenvalue weighted by atomic mass is 16.2. The summed E-state index contributed by atoms with van der Waals surface area (Å²) < 4.78 is 0. The van der Waals surface area contributed by atoms with Crippen molar-refractivity contribution >= 4 is 11.6 Å². The fraction of sp³-hybridized carbons (Fsp3) is 0.316. The predicted molar refractivity (Wildman–Crippen MR) is 89.4 cm³/mol. The van der Waals surface area contributed by atoms with Crippen molar-refractivity contribution < 1.29 is 4.79 Å². The predicted octanol–water partition coefficient (Wildman–Crippen LogP) is 3.13. The van der Waals surface area contributed by atoms with Gasteiger partial charge in [0, 0.05) is 18.8 Å². The topological polar surface area (TPSA) is 46.3 Å². The van der Waals surface area contributed by atoms with Crippen molar-refractivity contribution in [2.75, 3.05) is 12.3 Å². The molecule has 1 aliphatic rings. The Morgan fingerprint density at radius 1 is 1.05 bits per heavy atom. The van der Waals surface area contributed by atoms with Crippen LogP contribution < -0.4 is 5.73 Å². The molecule has 0 atom stereocenters. The second-order valence-corrected chi connectivity index (χ2v) is 6.49. The maximum absolute atomic E-state index is 13.0. The first-order chi connectivity index (χ1) is 10.5. The minimum Gasteiger partial charge on any atom is -0.399 e. The van der Waals surface area contributed by atoms with Gasteiger partial charge >= 0.3 is 0 Å². The normalized spacial score (nSPS) is 14.5. The van der Waals surface area contributed by atoms with E-state index in [4.69, 9.17) is 5.73 Å². The number of hydrogen-bond acceptors (Lipinski definition) is 2. The van der Waals surface area contributed by atoms with Crippen molar-refractivity contribution in [1.82, 2.24) is 4.90 Å². The Kier molecular flexibility index (Phi) is 3.65. The Morgan fingerprint density at radius 2 is 1.68 bits per heavy atom. The Balaban J connectivity index is 1.83. The van der Waals surface area contributed by atoms with Crippen LogP contribution in [-0.4, -0.2) is 17.4 Å². The molecule has 1 heterocycles. The van der Waals surface area contributed by atoms with Crippen LogP contribution >= 0.6 is 0 Å². The molecule has 0 saturated carbocycles. The van der Waals surface area contributed by atoms with Crippen LogP contribution in [0, 0.1) is 0 Å². The van der Waals surface area contributed by atoms with E-state index in [1.807, 2.05) is 49.1 Å². The first kappa shape index (κ1) is 14.6. The van der Waals surface area contributed by atoms with Gasteiger partial charge in [-0.2, -0.15) is 0 Å². The largest absolute Gasteiger partial charge is 0.399 e. The van der Waals surface area contributed by atoms with E-state index in [9.17, 15) is 4.79 Å². The number of nitrogen functional groups attached to an aromatic ring is 1. The van der Waals surface area contributed by atoms with Crippen molar-refractivity contribution in [3.05, 3.63) is 65.2 Å². The molecule has 3 heteroatoms. The highest BCUT2D eigenvalue weighted by Gasteiger charge is 2.34. The molecule has 0 unspecified atom stereocenters. The van der Waals surface area contributed by atoms with Crippen LogP contribution in [-0.2, 0) is 23.2 Å². The van der Waals surface area contributed by atoms with Crippen LogP contribution in [0.5, 0.6) is 0 Å². The number of nitrogens with zero attached hydrogens (tertiary/aromatic N) is 1. The molecule has 0 fully saturated rings. The van der Waals surface area contributed by atoms with Gasteiger partial charge < -0.3 is 10.6 Å². The molecule has 0 radical (unpaired) electrons. The van der Waals surface area contributed by atoms with Gasteiger partial charge in [0.15, 0.2) is 0 Å². The van der Waals surface area contributed by atoms with Crippen molar-refractivity contribution in [1.29, 1.82) is 0 Å². The minimum atomic E-state index is -0.542. The quantitative estimate of drug-likeness (QED) is 0.865. The molecule has 3 rings (SSSR count). The third kappa shape index (κ3) is 2.59. The van der Waals surface area contributed by atoms with E-state index in [2.05, 4.69) is 18.2 Å². The van der Waals surface area contributed by atoms with Crippen LogP contribution in [0.2, 0.25) is 0 Å². The molecule has 114 valence electrons. The van der Waals surface area contributed by atoms with Gasteiger partial charge in [0.25, 0.3) is 0 Å². The van der Waals surface area contributed by atoms with E-state index in [1.165, 1.54) is 11.1 Å². The number of anilines is 1. The van der Waals surface area contributed by atoms with E-state index in [1.54, 1.807) is 0 Å². The Hall–Kier alpha value is -2.29. The zero-order valence-corrected chi connectivity index (χ0v) is 13.2. The molecule has 1 amide bonds. The molecular weight excluding hydrogens is 272 g/mol. The summed E-state index contributed by atoms with van der Waals surface area (Å²) in [5.74, 6) is 0.173. The fourth-order valence-electron chi connectivity index (χ4n) is 3.09. The van der Waals surface area contributed by atoms with E-state index in [-0.39, 0.29) is 5.91 Å². The second kappa shape index (κ2) is 5.48. The Morgan fingerprint density at radius 3 is 2.36 bits per heavy atom. The van der Waals surface area contributed by atoms with Gasteiger partial charge in [-0.15, -0.1) is 0 Å². The standard InChI is InChI=1S/C19H22N2O/c1-19(2,16-7-9-17(20)10-8-16)18(22)21-12-11-14-5-3-4-6-15(14)13-21/h3-10H,11-13,20H2,1-2H3. The average Bonchev–Trinajstić information content (AvgIpc) is 2.54.